The van der Waals surface area contributed by atoms with Gasteiger partial charge in [0.25, 0.3) is 5.91 Å². The Morgan fingerprint density at radius 3 is 3.25 bits per heavy atom. The van der Waals surface area contributed by atoms with E-state index in [1.165, 1.54) is 0 Å². The molecule has 1 aromatic rings. The van der Waals surface area contributed by atoms with Gasteiger partial charge in [-0.2, -0.15) is 0 Å². The van der Waals surface area contributed by atoms with Gasteiger partial charge < -0.3 is 4.98 Å². The van der Waals surface area contributed by atoms with Crippen LogP contribution in [0.3, 0.4) is 0 Å². The lowest BCUT2D eigenvalue weighted by atomic mass is 10.2. The van der Waals surface area contributed by atoms with Crippen molar-refractivity contribution in [2.24, 2.45) is 4.99 Å². The van der Waals surface area contributed by atoms with Crippen LogP contribution < -0.4 is 4.90 Å². The van der Waals surface area contributed by atoms with E-state index in [1.807, 2.05) is 4.90 Å². The summed E-state index contributed by atoms with van der Waals surface area (Å²) in [5.74, 6) is 1.45. The normalized spacial score (nSPS) is 18.6. The van der Waals surface area contributed by atoms with Crippen LogP contribution in [0.4, 0.5) is 5.82 Å². The van der Waals surface area contributed by atoms with E-state index in [0.29, 0.717) is 24.6 Å². The van der Waals surface area contributed by atoms with Gasteiger partial charge in [0.05, 0.1) is 12.9 Å². The van der Waals surface area contributed by atoms with E-state index in [0.717, 1.165) is 18.9 Å². The molecule has 0 fully saturated rings. The largest absolute Gasteiger partial charge is 0.339 e. The van der Waals surface area contributed by atoms with Crippen molar-refractivity contribution in [1.82, 2.24) is 14.9 Å². The van der Waals surface area contributed by atoms with E-state index in [-0.39, 0.29) is 5.91 Å². The van der Waals surface area contributed by atoms with Crippen LogP contribution in [-0.4, -0.2) is 46.4 Å². The molecule has 0 bridgehead atoms. The minimum Gasteiger partial charge on any atom is -0.339 e. The van der Waals surface area contributed by atoms with Crippen molar-refractivity contribution >= 4 is 17.7 Å². The zero-order chi connectivity index (χ0) is 11.1. The van der Waals surface area contributed by atoms with Gasteiger partial charge in [-0.25, -0.2) is 4.98 Å². The molecule has 1 aromatic heterocycles. The molecule has 0 saturated heterocycles. The van der Waals surface area contributed by atoms with Gasteiger partial charge in [-0.1, -0.05) is 6.92 Å². The fourth-order valence-corrected chi connectivity index (χ4v) is 2.17. The Morgan fingerprint density at radius 1 is 1.56 bits per heavy atom. The molecule has 0 atom stereocenters. The molecule has 0 unspecified atom stereocenters. The number of aliphatic imine (C=N–C) groups is 1. The number of fused-ring (bicyclic) bond motifs is 2. The zero-order valence-electron chi connectivity index (χ0n) is 9.10. The van der Waals surface area contributed by atoms with Crippen molar-refractivity contribution in [3.8, 4) is 0 Å². The SMILES string of the molecule is CCCN1C2=NCCN2C(=O)c2[nH]cnc21. The van der Waals surface area contributed by atoms with Gasteiger partial charge in [0.1, 0.15) is 5.69 Å². The fourth-order valence-electron chi connectivity index (χ4n) is 2.17. The maximum atomic E-state index is 12.1. The summed E-state index contributed by atoms with van der Waals surface area (Å²) in [6.45, 7) is 4.29. The number of anilines is 1. The van der Waals surface area contributed by atoms with Crippen LogP contribution in [0, 0.1) is 0 Å². The third-order valence-corrected chi connectivity index (χ3v) is 2.84. The molecule has 1 amide bonds. The van der Waals surface area contributed by atoms with Gasteiger partial charge in [0.2, 0.25) is 5.96 Å². The predicted molar refractivity (Wildman–Crippen MR) is 59.6 cm³/mol. The van der Waals surface area contributed by atoms with Gasteiger partial charge in [0, 0.05) is 13.1 Å². The third-order valence-electron chi connectivity index (χ3n) is 2.84. The molecule has 0 saturated carbocycles. The summed E-state index contributed by atoms with van der Waals surface area (Å²) in [7, 11) is 0. The van der Waals surface area contributed by atoms with Crippen molar-refractivity contribution in [2.45, 2.75) is 13.3 Å². The first-order valence-corrected chi connectivity index (χ1v) is 5.50. The molecule has 16 heavy (non-hydrogen) atoms. The molecule has 84 valence electrons. The van der Waals surface area contributed by atoms with Crippen LogP contribution in [0.1, 0.15) is 23.8 Å². The molecule has 0 aromatic carbocycles. The van der Waals surface area contributed by atoms with E-state index in [4.69, 9.17) is 0 Å². The molecule has 0 radical (unpaired) electrons. The number of rotatable bonds is 2. The first kappa shape index (κ1) is 9.38. The lowest BCUT2D eigenvalue weighted by molar-refractivity contribution is 0.0846. The molecule has 3 rings (SSSR count). The number of guanidine groups is 1. The Balaban J connectivity index is 2.10. The highest BCUT2D eigenvalue weighted by Gasteiger charge is 2.38. The number of hydrogen-bond donors (Lipinski definition) is 1. The van der Waals surface area contributed by atoms with Crippen molar-refractivity contribution in [3.05, 3.63) is 12.0 Å². The quantitative estimate of drug-likeness (QED) is 0.785. The lowest BCUT2D eigenvalue weighted by Gasteiger charge is -2.32. The van der Waals surface area contributed by atoms with Gasteiger partial charge in [0.15, 0.2) is 5.82 Å². The van der Waals surface area contributed by atoms with Crippen molar-refractivity contribution in [1.29, 1.82) is 0 Å². The smallest absolute Gasteiger partial charge is 0.280 e. The number of aromatic nitrogens is 2. The monoisotopic (exact) mass is 219 g/mol. The van der Waals surface area contributed by atoms with Gasteiger partial charge in [-0.15, -0.1) is 0 Å². The maximum Gasteiger partial charge on any atom is 0.280 e. The number of H-pyrrole nitrogens is 1. The Morgan fingerprint density at radius 2 is 2.44 bits per heavy atom. The van der Waals surface area contributed by atoms with Crippen molar-refractivity contribution in [2.75, 3.05) is 24.5 Å². The Bertz CT molecular complexity index is 464. The second-order valence-corrected chi connectivity index (χ2v) is 3.89. The van der Waals surface area contributed by atoms with Crippen molar-refractivity contribution < 1.29 is 4.79 Å². The summed E-state index contributed by atoms with van der Waals surface area (Å²) in [4.78, 5) is 27.3. The number of nitrogens with zero attached hydrogens (tertiary/aromatic N) is 4. The summed E-state index contributed by atoms with van der Waals surface area (Å²) in [5, 5.41) is 0. The van der Waals surface area contributed by atoms with E-state index in [1.54, 1.807) is 11.2 Å². The van der Waals surface area contributed by atoms with Crippen LogP contribution in [0.25, 0.3) is 0 Å². The molecule has 3 heterocycles. The predicted octanol–water partition coefficient (Wildman–Crippen LogP) is 0.451. The summed E-state index contributed by atoms with van der Waals surface area (Å²) in [6.07, 6.45) is 2.56. The molecule has 6 heteroatoms. The second kappa shape index (κ2) is 3.33. The number of imidazole rings is 1. The molecule has 2 aliphatic heterocycles. The van der Waals surface area contributed by atoms with Gasteiger partial charge in [-0.05, 0) is 6.42 Å². The van der Waals surface area contributed by atoms with E-state index >= 15 is 0 Å². The van der Waals surface area contributed by atoms with E-state index in [2.05, 4.69) is 21.9 Å². The fraction of sp³-hybridized carbons (Fsp3) is 0.500. The average molecular weight is 219 g/mol. The topological polar surface area (TPSA) is 64.6 Å². The Kier molecular flexibility index (Phi) is 1.95. The number of amides is 1. The molecule has 1 N–H and O–H groups in total. The van der Waals surface area contributed by atoms with Gasteiger partial charge >= 0.3 is 0 Å². The summed E-state index contributed by atoms with van der Waals surface area (Å²) >= 11 is 0. The third kappa shape index (κ3) is 1.09. The number of nitrogens with one attached hydrogen (secondary N) is 1. The van der Waals surface area contributed by atoms with E-state index < -0.39 is 0 Å². The van der Waals surface area contributed by atoms with E-state index in [9.17, 15) is 4.79 Å². The van der Waals surface area contributed by atoms with Crippen LogP contribution in [0.5, 0.6) is 0 Å². The minimum atomic E-state index is -0.0175. The van der Waals surface area contributed by atoms with Crippen LogP contribution in [0.2, 0.25) is 0 Å². The molecule has 0 spiro atoms. The Hall–Kier alpha value is -1.85. The van der Waals surface area contributed by atoms with Crippen LogP contribution in [-0.2, 0) is 0 Å². The number of aromatic amines is 1. The van der Waals surface area contributed by atoms with Crippen LogP contribution >= 0.6 is 0 Å². The average Bonchev–Trinajstić information content (AvgIpc) is 2.92. The summed E-state index contributed by atoms with van der Waals surface area (Å²) < 4.78 is 0. The molecular formula is C10H13N5O. The summed E-state index contributed by atoms with van der Waals surface area (Å²) in [5.41, 5.74) is 0.578. The number of hydrogen-bond acceptors (Lipinski definition) is 4. The molecule has 2 aliphatic rings. The maximum absolute atomic E-state index is 12.1. The second-order valence-electron chi connectivity index (χ2n) is 3.89. The number of carbonyl (C=O) groups is 1. The van der Waals surface area contributed by atoms with Gasteiger partial charge in [-0.3, -0.25) is 19.6 Å². The molecule has 6 nitrogen and oxygen atoms in total. The highest BCUT2D eigenvalue weighted by Crippen LogP contribution is 2.27. The summed E-state index contributed by atoms with van der Waals surface area (Å²) in [6, 6.07) is 0. The van der Waals surface area contributed by atoms with Crippen LogP contribution in [0.15, 0.2) is 11.3 Å². The number of carbonyl (C=O) groups excluding carboxylic acids is 1. The minimum absolute atomic E-state index is 0.0175. The molecule has 0 aliphatic carbocycles. The Labute approximate surface area is 93.0 Å². The first-order valence-electron chi connectivity index (χ1n) is 5.50. The lowest BCUT2D eigenvalue weighted by Crippen LogP contribution is -2.50. The first-order chi connectivity index (χ1) is 7.83. The molecular weight excluding hydrogens is 206 g/mol. The van der Waals surface area contributed by atoms with Crippen molar-refractivity contribution in [3.63, 3.8) is 0 Å². The highest BCUT2D eigenvalue weighted by atomic mass is 16.2. The standard InChI is InChI=1S/C10H13N5O/c1-2-4-14-8-7(12-6-13-8)9(16)15-5-3-11-10(14)15/h6H,2-5H2,1H3,(H,12,13). The highest BCUT2D eigenvalue weighted by molar-refractivity contribution is 6.17. The zero-order valence-corrected chi connectivity index (χ0v) is 9.10.